The van der Waals surface area contributed by atoms with Crippen LogP contribution in [0.25, 0.3) is 0 Å². The summed E-state index contributed by atoms with van der Waals surface area (Å²) >= 11 is 6.03. The zero-order valence-corrected chi connectivity index (χ0v) is 23.5. The van der Waals surface area contributed by atoms with Crippen molar-refractivity contribution in [2.75, 3.05) is 20.6 Å². The summed E-state index contributed by atoms with van der Waals surface area (Å²) in [5, 5.41) is 3.15. The monoisotopic (exact) mass is 583 g/mol. The fourth-order valence-electron chi connectivity index (χ4n) is 3.71. The highest BCUT2D eigenvalue weighted by atomic mass is 35.5. The van der Waals surface area contributed by atoms with Crippen molar-refractivity contribution in [1.82, 2.24) is 0 Å². The predicted molar refractivity (Wildman–Crippen MR) is 155 cm³/mol. The second kappa shape index (κ2) is 11.5. The Labute approximate surface area is 233 Å². The lowest BCUT2D eigenvalue weighted by Gasteiger charge is -2.22. The van der Waals surface area contributed by atoms with Crippen LogP contribution in [0.2, 0.25) is 5.02 Å². The molecule has 202 valence electrons. The first-order valence-electron chi connectivity index (χ1n) is 11.7. The molecule has 0 aliphatic carbocycles. The van der Waals surface area contributed by atoms with Gasteiger partial charge in [0.15, 0.2) is 0 Å². The molecule has 11 heteroatoms. The quantitative estimate of drug-likeness (QED) is 0.264. The zero-order chi connectivity index (χ0) is 28.2. The molecule has 0 atom stereocenters. The normalized spacial score (nSPS) is 11.6. The first kappa shape index (κ1) is 28.2. The number of carbonyl (C=O) groups excluding carboxylic acids is 1. The van der Waals surface area contributed by atoms with Crippen LogP contribution in [0.1, 0.15) is 21.5 Å². The Morgan fingerprint density at radius 2 is 1.44 bits per heavy atom. The maximum atomic E-state index is 12.8. The number of anilines is 3. The number of hydrogen-bond donors (Lipinski definition) is 2. The molecule has 8 nitrogen and oxygen atoms in total. The van der Waals surface area contributed by atoms with Crippen molar-refractivity contribution in [3.05, 3.63) is 119 Å². The smallest absolute Gasteiger partial charge is 0.261 e. The number of halogens is 1. The summed E-state index contributed by atoms with van der Waals surface area (Å²) < 4.78 is 53.9. The minimum absolute atomic E-state index is 0.0561. The molecule has 4 aromatic rings. The average Bonchev–Trinajstić information content (AvgIpc) is 2.88. The van der Waals surface area contributed by atoms with E-state index < -0.39 is 26.0 Å². The molecule has 0 bridgehead atoms. The molecule has 0 heterocycles. The summed E-state index contributed by atoms with van der Waals surface area (Å²) in [7, 11) is -7.37. The second-order valence-electron chi connectivity index (χ2n) is 8.90. The van der Waals surface area contributed by atoms with Crippen molar-refractivity contribution >= 4 is 54.6 Å². The number of aryl methyl sites for hydroxylation is 1. The molecule has 0 saturated heterocycles. The van der Waals surface area contributed by atoms with E-state index in [0.29, 0.717) is 33.2 Å². The van der Waals surface area contributed by atoms with Crippen LogP contribution < -0.4 is 14.3 Å². The molecule has 4 aromatic carbocycles. The van der Waals surface area contributed by atoms with Crippen LogP contribution in [0.3, 0.4) is 0 Å². The van der Waals surface area contributed by atoms with Gasteiger partial charge in [-0.15, -0.1) is 0 Å². The van der Waals surface area contributed by atoms with Crippen LogP contribution in [-0.4, -0.2) is 29.0 Å². The van der Waals surface area contributed by atoms with E-state index in [1.807, 2.05) is 19.1 Å². The molecule has 0 aromatic heterocycles. The molecule has 0 unspecified atom stereocenters. The maximum absolute atomic E-state index is 12.8. The van der Waals surface area contributed by atoms with Gasteiger partial charge in [0, 0.05) is 22.0 Å². The second-order valence-corrected chi connectivity index (χ2v) is 12.9. The molecular formula is C28H26ClN3O5S2. The van der Waals surface area contributed by atoms with Crippen molar-refractivity contribution in [3.63, 3.8) is 0 Å². The Bertz CT molecular complexity index is 1690. The van der Waals surface area contributed by atoms with Gasteiger partial charge in [0.1, 0.15) is 0 Å². The molecule has 0 radical (unpaired) electrons. The molecule has 0 saturated carbocycles. The number of carbonyl (C=O) groups is 1. The summed E-state index contributed by atoms with van der Waals surface area (Å²) in [6.07, 6.45) is 1.12. The van der Waals surface area contributed by atoms with E-state index in [9.17, 15) is 21.6 Å². The minimum Gasteiger partial charge on any atom is -0.322 e. The highest BCUT2D eigenvalue weighted by molar-refractivity contribution is 7.92. The molecule has 39 heavy (non-hydrogen) atoms. The Morgan fingerprint density at radius 1 is 0.821 bits per heavy atom. The van der Waals surface area contributed by atoms with E-state index in [-0.39, 0.29) is 11.4 Å². The Morgan fingerprint density at radius 3 is 2.03 bits per heavy atom. The van der Waals surface area contributed by atoms with Gasteiger partial charge in [-0.1, -0.05) is 47.5 Å². The molecule has 1 amide bonds. The molecule has 0 fully saturated rings. The van der Waals surface area contributed by atoms with Crippen molar-refractivity contribution in [2.24, 2.45) is 0 Å². The molecule has 2 N–H and O–H groups in total. The van der Waals surface area contributed by atoms with Crippen molar-refractivity contribution in [2.45, 2.75) is 18.4 Å². The first-order valence-corrected chi connectivity index (χ1v) is 15.4. The van der Waals surface area contributed by atoms with Crippen molar-refractivity contribution in [3.8, 4) is 0 Å². The van der Waals surface area contributed by atoms with E-state index >= 15 is 0 Å². The summed E-state index contributed by atoms with van der Waals surface area (Å²) in [4.78, 5) is 12.8. The van der Waals surface area contributed by atoms with Gasteiger partial charge in [-0.3, -0.25) is 13.8 Å². The maximum Gasteiger partial charge on any atom is 0.261 e. The van der Waals surface area contributed by atoms with Gasteiger partial charge in [0.05, 0.1) is 23.4 Å². The van der Waals surface area contributed by atoms with E-state index in [1.54, 1.807) is 60.7 Å². The number of amides is 1. The highest BCUT2D eigenvalue weighted by Gasteiger charge is 2.19. The van der Waals surface area contributed by atoms with Gasteiger partial charge in [0.25, 0.3) is 15.9 Å². The summed E-state index contributed by atoms with van der Waals surface area (Å²) in [5.41, 5.74) is 3.35. The standard InChI is InChI=1S/C28H26ClN3O5S2/c1-20-6-12-25(13-7-20)31-39(36,37)27-16-14-24(15-17-27)30-28(33)22-10-8-21(9-11-22)19-32(38(2,34)35)26-5-3-4-23(29)18-26/h3-18,31H,19H2,1-2H3,(H,30,33). The van der Waals surface area contributed by atoms with E-state index in [4.69, 9.17) is 11.6 Å². The SMILES string of the molecule is Cc1ccc(NS(=O)(=O)c2ccc(NC(=O)c3ccc(CN(c4cccc(Cl)c4)S(C)(=O)=O)cc3)cc2)cc1. The van der Waals surface area contributed by atoms with Crippen molar-refractivity contribution < 1.29 is 21.6 Å². The molecular weight excluding hydrogens is 558 g/mol. The lowest BCUT2D eigenvalue weighted by Crippen LogP contribution is -2.29. The largest absolute Gasteiger partial charge is 0.322 e. The van der Waals surface area contributed by atoms with E-state index in [0.717, 1.165) is 11.8 Å². The lowest BCUT2D eigenvalue weighted by molar-refractivity contribution is 0.102. The highest BCUT2D eigenvalue weighted by Crippen LogP contribution is 2.24. The van der Waals surface area contributed by atoms with Crippen LogP contribution in [0, 0.1) is 6.92 Å². The average molecular weight is 584 g/mol. The fourth-order valence-corrected chi connectivity index (χ4v) is 5.84. The number of nitrogens with zero attached hydrogens (tertiary/aromatic N) is 1. The van der Waals surface area contributed by atoms with Gasteiger partial charge < -0.3 is 5.32 Å². The number of benzene rings is 4. The molecule has 0 aliphatic rings. The summed E-state index contributed by atoms with van der Waals surface area (Å²) in [6.45, 7) is 1.97. The number of nitrogens with one attached hydrogen (secondary N) is 2. The minimum atomic E-state index is -3.79. The van der Waals surface area contributed by atoms with Crippen LogP contribution in [0.15, 0.2) is 102 Å². The number of sulfonamides is 2. The molecule has 4 rings (SSSR count). The van der Waals surface area contributed by atoms with Gasteiger partial charge in [0.2, 0.25) is 10.0 Å². The third kappa shape index (κ3) is 7.38. The third-order valence-corrected chi connectivity index (χ3v) is 8.54. The summed E-state index contributed by atoms with van der Waals surface area (Å²) in [5.74, 6) is -0.398. The fraction of sp³-hybridized carbons (Fsp3) is 0.107. The van der Waals surface area contributed by atoms with Crippen LogP contribution in [0.4, 0.5) is 17.1 Å². The number of hydrogen-bond acceptors (Lipinski definition) is 5. The zero-order valence-electron chi connectivity index (χ0n) is 21.1. The molecule has 0 aliphatic heterocycles. The van der Waals surface area contributed by atoms with Gasteiger partial charge in [-0.05, 0) is 79.2 Å². The Hall–Kier alpha value is -3.86. The predicted octanol–water partition coefficient (Wildman–Crippen LogP) is 5.67. The van der Waals surface area contributed by atoms with E-state index in [2.05, 4.69) is 10.0 Å². The first-order chi connectivity index (χ1) is 18.4. The topological polar surface area (TPSA) is 113 Å². The lowest BCUT2D eigenvalue weighted by atomic mass is 10.1. The van der Waals surface area contributed by atoms with Crippen LogP contribution in [-0.2, 0) is 26.6 Å². The third-order valence-electron chi connectivity index (χ3n) is 5.77. The van der Waals surface area contributed by atoms with Crippen LogP contribution >= 0.6 is 11.6 Å². The Balaban J connectivity index is 1.42. The van der Waals surface area contributed by atoms with E-state index in [1.165, 1.54) is 28.6 Å². The molecule has 0 spiro atoms. The van der Waals surface area contributed by atoms with Crippen molar-refractivity contribution in [1.29, 1.82) is 0 Å². The van der Waals surface area contributed by atoms with Gasteiger partial charge in [-0.2, -0.15) is 0 Å². The van der Waals surface area contributed by atoms with Crippen LogP contribution in [0.5, 0.6) is 0 Å². The summed E-state index contributed by atoms with van der Waals surface area (Å²) in [6, 6.07) is 25.9. The number of rotatable bonds is 9. The van der Waals surface area contributed by atoms with Gasteiger partial charge >= 0.3 is 0 Å². The van der Waals surface area contributed by atoms with Gasteiger partial charge in [-0.25, -0.2) is 16.8 Å². The Kier molecular flexibility index (Phi) is 8.29.